The monoisotopic (exact) mass is 352 g/mol. The second-order valence-corrected chi connectivity index (χ2v) is 7.03. The molecule has 2 N–H and O–H groups in total. The van der Waals surface area contributed by atoms with Crippen LogP contribution in [0.3, 0.4) is 0 Å². The fraction of sp³-hybridized carbons (Fsp3) is 0.381. The highest BCUT2D eigenvalue weighted by Crippen LogP contribution is 2.33. The number of likely N-dealkylation sites (tertiary alicyclic amines) is 1. The Morgan fingerprint density at radius 2 is 1.77 bits per heavy atom. The number of carbonyl (C=O) groups is 1. The fourth-order valence-corrected chi connectivity index (χ4v) is 3.86. The molecular formula is C21H24N2O3. The molecule has 1 fully saturated rings. The van der Waals surface area contributed by atoms with Crippen LogP contribution in [-0.2, 0) is 0 Å². The molecule has 0 radical (unpaired) electrons. The summed E-state index contributed by atoms with van der Waals surface area (Å²) in [6, 6.07) is 17.4. The highest BCUT2D eigenvalue weighted by Gasteiger charge is 2.31. The van der Waals surface area contributed by atoms with Gasteiger partial charge in [-0.05, 0) is 30.4 Å². The zero-order chi connectivity index (χ0) is 17.9. The topological polar surface area (TPSA) is 61.8 Å². The number of fused-ring (bicyclic) bond motifs is 1. The third-order valence-electron chi connectivity index (χ3n) is 5.41. The van der Waals surface area contributed by atoms with Crippen LogP contribution in [0, 0.1) is 5.92 Å². The summed E-state index contributed by atoms with van der Waals surface area (Å²) in [5.74, 6) is 1.04. The van der Waals surface area contributed by atoms with Crippen molar-refractivity contribution >= 4 is 6.03 Å². The minimum absolute atomic E-state index is 0.0528. The minimum Gasteiger partial charge on any atom is -0.491 e. The van der Waals surface area contributed by atoms with Crippen LogP contribution >= 0.6 is 0 Å². The zero-order valence-corrected chi connectivity index (χ0v) is 14.7. The summed E-state index contributed by atoms with van der Waals surface area (Å²) in [6.45, 7) is 1.81. The maximum atomic E-state index is 12.6. The van der Waals surface area contributed by atoms with Crippen molar-refractivity contribution in [2.45, 2.75) is 25.0 Å². The SMILES string of the molecule is O=C(NC1COc2ccccc21)N1CCC(C(O)c2ccccc2)CC1. The Kier molecular flexibility index (Phi) is 4.80. The van der Waals surface area contributed by atoms with Crippen LogP contribution in [0.25, 0.3) is 0 Å². The smallest absolute Gasteiger partial charge is 0.318 e. The number of urea groups is 1. The van der Waals surface area contributed by atoms with Gasteiger partial charge in [-0.3, -0.25) is 0 Å². The number of nitrogens with one attached hydrogen (secondary N) is 1. The van der Waals surface area contributed by atoms with Crippen molar-refractivity contribution < 1.29 is 14.6 Å². The molecule has 2 atom stereocenters. The van der Waals surface area contributed by atoms with Gasteiger partial charge in [-0.1, -0.05) is 48.5 Å². The van der Waals surface area contributed by atoms with E-state index in [1.807, 2.05) is 59.5 Å². The van der Waals surface area contributed by atoms with Crippen molar-refractivity contribution in [3.05, 3.63) is 65.7 Å². The third-order valence-corrected chi connectivity index (χ3v) is 5.41. The summed E-state index contributed by atoms with van der Waals surface area (Å²) >= 11 is 0. The number of piperidine rings is 1. The number of aliphatic hydroxyl groups is 1. The molecule has 0 aliphatic carbocycles. The van der Waals surface area contributed by atoms with Crippen molar-refractivity contribution in [3.63, 3.8) is 0 Å². The van der Waals surface area contributed by atoms with Crippen molar-refractivity contribution in [1.29, 1.82) is 0 Å². The number of benzene rings is 2. The van der Waals surface area contributed by atoms with Gasteiger partial charge in [0.25, 0.3) is 0 Å². The number of hydrogen-bond donors (Lipinski definition) is 2. The quantitative estimate of drug-likeness (QED) is 0.891. The molecule has 0 aromatic heterocycles. The highest BCUT2D eigenvalue weighted by atomic mass is 16.5. The lowest BCUT2D eigenvalue weighted by atomic mass is 9.87. The number of rotatable bonds is 3. The molecule has 0 saturated carbocycles. The number of para-hydroxylation sites is 1. The van der Waals surface area contributed by atoms with E-state index < -0.39 is 6.10 Å². The number of nitrogens with zero attached hydrogens (tertiary/aromatic N) is 1. The van der Waals surface area contributed by atoms with Crippen molar-refractivity contribution in [2.75, 3.05) is 19.7 Å². The minimum atomic E-state index is -0.462. The normalized spacial score (nSPS) is 21.0. The van der Waals surface area contributed by atoms with E-state index in [4.69, 9.17) is 4.74 Å². The van der Waals surface area contributed by atoms with E-state index >= 15 is 0 Å². The molecular weight excluding hydrogens is 328 g/mol. The van der Waals surface area contributed by atoms with Crippen LogP contribution in [0.2, 0.25) is 0 Å². The number of ether oxygens (including phenoxy) is 1. The summed E-state index contributed by atoms with van der Waals surface area (Å²) in [4.78, 5) is 14.4. The van der Waals surface area contributed by atoms with Crippen LogP contribution in [0.5, 0.6) is 5.75 Å². The van der Waals surface area contributed by atoms with Crippen molar-refractivity contribution in [2.24, 2.45) is 5.92 Å². The molecule has 2 aliphatic rings. The highest BCUT2D eigenvalue weighted by molar-refractivity contribution is 5.75. The Balaban J connectivity index is 1.32. The Hall–Kier alpha value is -2.53. The van der Waals surface area contributed by atoms with Crippen molar-refractivity contribution in [3.8, 4) is 5.75 Å². The van der Waals surface area contributed by atoms with Gasteiger partial charge in [0.1, 0.15) is 12.4 Å². The average molecular weight is 352 g/mol. The van der Waals surface area contributed by atoms with E-state index in [1.54, 1.807) is 0 Å². The van der Waals surface area contributed by atoms with Gasteiger partial charge in [0.15, 0.2) is 0 Å². The predicted molar refractivity (Wildman–Crippen MR) is 98.9 cm³/mol. The molecule has 2 aromatic rings. The molecule has 1 saturated heterocycles. The molecule has 2 aliphatic heterocycles. The molecule has 26 heavy (non-hydrogen) atoms. The number of amides is 2. The summed E-state index contributed by atoms with van der Waals surface area (Å²) in [5.41, 5.74) is 1.99. The van der Waals surface area contributed by atoms with Gasteiger partial charge < -0.3 is 20.1 Å². The molecule has 2 unspecified atom stereocenters. The van der Waals surface area contributed by atoms with E-state index in [0.717, 1.165) is 29.7 Å². The molecule has 2 amide bonds. The van der Waals surface area contributed by atoms with E-state index in [-0.39, 0.29) is 18.0 Å². The molecule has 0 spiro atoms. The van der Waals surface area contributed by atoms with Crippen LogP contribution in [0.15, 0.2) is 54.6 Å². The second-order valence-electron chi connectivity index (χ2n) is 7.03. The Morgan fingerprint density at radius 1 is 1.08 bits per heavy atom. The summed E-state index contributed by atoms with van der Waals surface area (Å²) in [6.07, 6.45) is 1.15. The second kappa shape index (κ2) is 7.38. The first kappa shape index (κ1) is 16.9. The first-order chi connectivity index (χ1) is 12.7. The zero-order valence-electron chi connectivity index (χ0n) is 14.7. The number of carbonyl (C=O) groups excluding carboxylic acids is 1. The lowest BCUT2D eigenvalue weighted by molar-refractivity contribution is 0.0660. The van der Waals surface area contributed by atoms with Crippen LogP contribution in [0.4, 0.5) is 4.79 Å². The molecule has 2 aromatic carbocycles. The Bertz CT molecular complexity index is 757. The lowest BCUT2D eigenvalue weighted by Crippen LogP contribution is -2.46. The number of aliphatic hydroxyl groups excluding tert-OH is 1. The maximum Gasteiger partial charge on any atom is 0.318 e. The lowest BCUT2D eigenvalue weighted by Gasteiger charge is -2.34. The van der Waals surface area contributed by atoms with E-state index in [2.05, 4.69) is 5.32 Å². The molecule has 5 nitrogen and oxygen atoms in total. The molecule has 4 rings (SSSR count). The van der Waals surface area contributed by atoms with Gasteiger partial charge in [-0.15, -0.1) is 0 Å². The predicted octanol–water partition coefficient (Wildman–Crippen LogP) is 3.28. The van der Waals surface area contributed by atoms with E-state index in [0.29, 0.717) is 19.7 Å². The largest absolute Gasteiger partial charge is 0.491 e. The van der Waals surface area contributed by atoms with Crippen LogP contribution in [-0.4, -0.2) is 35.7 Å². The third kappa shape index (κ3) is 3.40. The Morgan fingerprint density at radius 3 is 2.54 bits per heavy atom. The van der Waals surface area contributed by atoms with E-state index in [9.17, 15) is 9.90 Å². The molecule has 5 heteroatoms. The Labute approximate surface area is 153 Å². The van der Waals surface area contributed by atoms with Gasteiger partial charge in [0.2, 0.25) is 0 Å². The molecule has 2 heterocycles. The van der Waals surface area contributed by atoms with Gasteiger partial charge >= 0.3 is 6.03 Å². The summed E-state index contributed by atoms with van der Waals surface area (Å²) < 4.78 is 5.63. The van der Waals surface area contributed by atoms with Crippen LogP contribution in [0.1, 0.15) is 36.1 Å². The summed E-state index contributed by atoms with van der Waals surface area (Å²) in [7, 11) is 0. The van der Waals surface area contributed by atoms with E-state index in [1.165, 1.54) is 0 Å². The maximum absolute atomic E-state index is 12.6. The van der Waals surface area contributed by atoms with Crippen LogP contribution < -0.4 is 10.1 Å². The summed E-state index contributed by atoms with van der Waals surface area (Å²) in [5, 5.41) is 13.7. The standard InChI is InChI=1S/C21H24N2O3/c24-20(15-6-2-1-3-7-15)16-10-12-23(13-11-16)21(25)22-18-14-26-19-9-5-4-8-17(18)19/h1-9,16,18,20,24H,10-14H2,(H,22,25). The number of hydrogen-bond acceptors (Lipinski definition) is 3. The van der Waals surface area contributed by atoms with Gasteiger partial charge in [-0.25, -0.2) is 4.79 Å². The van der Waals surface area contributed by atoms with Gasteiger partial charge in [0.05, 0.1) is 12.1 Å². The first-order valence-electron chi connectivity index (χ1n) is 9.22. The molecule has 0 bridgehead atoms. The van der Waals surface area contributed by atoms with Crippen molar-refractivity contribution in [1.82, 2.24) is 10.2 Å². The van der Waals surface area contributed by atoms with Gasteiger partial charge in [-0.2, -0.15) is 0 Å². The average Bonchev–Trinajstić information content (AvgIpc) is 3.11. The fourth-order valence-electron chi connectivity index (χ4n) is 3.86. The molecule has 136 valence electrons. The first-order valence-corrected chi connectivity index (χ1v) is 9.22. The van der Waals surface area contributed by atoms with Gasteiger partial charge in [0, 0.05) is 18.7 Å².